The fourth-order valence-electron chi connectivity index (χ4n) is 2.13. The van der Waals surface area contributed by atoms with Gasteiger partial charge < -0.3 is 0 Å². The molecule has 0 unspecified atom stereocenters. The number of nitrogens with zero attached hydrogens (tertiary/aromatic N) is 1. The van der Waals surface area contributed by atoms with Crippen LogP contribution in [-0.2, 0) is 14.0 Å². The average Bonchev–Trinajstić information content (AvgIpc) is 2.08. The molecule has 0 aromatic carbocycles. The van der Waals surface area contributed by atoms with Gasteiger partial charge in [0, 0.05) is 20.3 Å². The van der Waals surface area contributed by atoms with E-state index in [0.717, 1.165) is 4.31 Å². The molecule has 2 rings (SSSR count). The third-order valence-electron chi connectivity index (χ3n) is 2.87. The van der Waals surface area contributed by atoms with Gasteiger partial charge in [0.1, 0.15) is 0 Å². The standard InChI is InChI=1S/C7H8Br2ClNO3S/c8-4-1-3-6(2-5(4)9)11(7(3)12)15(10,13)14/h3-6H,1-2H2/t3-,4-,5+,6-/m1/s1. The van der Waals surface area contributed by atoms with E-state index in [4.69, 9.17) is 10.7 Å². The molecule has 0 bridgehead atoms. The van der Waals surface area contributed by atoms with Gasteiger partial charge in [0.25, 0.3) is 0 Å². The summed E-state index contributed by atoms with van der Waals surface area (Å²) in [7, 11) is 1.28. The van der Waals surface area contributed by atoms with E-state index in [9.17, 15) is 13.2 Å². The van der Waals surface area contributed by atoms with E-state index in [-0.39, 0.29) is 27.5 Å². The van der Waals surface area contributed by atoms with Crippen LogP contribution < -0.4 is 0 Å². The first-order chi connectivity index (χ1) is 6.82. The summed E-state index contributed by atoms with van der Waals surface area (Å²) in [6.45, 7) is 0. The van der Waals surface area contributed by atoms with Crippen molar-refractivity contribution >= 4 is 57.7 Å². The Morgan fingerprint density at radius 1 is 1.27 bits per heavy atom. The molecule has 0 spiro atoms. The quantitative estimate of drug-likeness (QED) is 0.394. The van der Waals surface area contributed by atoms with Gasteiger partial charge in [0.05, 0.1) is 12.0 Å². The number of fused-ring (bicyclic) bond motifs is 1. The van der Waals surface area contributed by atoms with E-state index < -0.39 is 9.24 Å². The van der Waals surface area contributed by atoms with E-state index in [2.05, 4.69) is 31.9 Å². The minimum absolute atomic E-state index is 0.174. The molecule has 0 aromatic heterocycles. The van der Waals surface area contributed by atoms with Crippen molar-refractivity contribution in [3.05, 3.63) is 0 Å². The molecular formula is C7H8Br2ClNO3S. The lowest BCUT2D eigenvalue weighted by Gasteiger charge is -2.49. The van der Waals surface area contributed by atoms with Gasteiger partial charge >= 0.3 is 9.24 Å². The average molecular weight is 381 g/mol. The number of carbonyl (C=O) groups excluding carboxylic acids is 1. The van der Waals surface area contributed by atoms with Crippen molar-refractivity contribution in [3.8, 4) is 0 Å². The summed E-state index contributed by atoms with van der Waals surface area (Å²) in [6, 6.07) is -0.266. The summed E-state index contributed by atoms with van der Waals surface area (Å²) < 4.78 is 23.0. The van der Waals surface area contributed by atoms with Crippen molar-refractivity contribution in [2.24, 2.45) is 5.92 Å². The Kier molecular flexibility index (Phi) is 3.12. The molecule has 4 nitrogen and oxygen atoms in total. The maximum Gasteiger partial charge on any atom is 0.324 e. The lowest BCUT2D eigenvalue weighted by molar-refractivity contribution is -0.148. The maximum atomic E-state index is 11.5. The lowest BCUT2D eigenvalue weighted by Crippen LogP contribution is -2.65. The molecule has 2 aliphatic rings. The van der Waals surface area contributed by atoms with Crippen molar-refractivity contribution in [2.45, 2.75) is 28.5 Å². The van der Waals surface area contributed by atoms with Gasteiger partial charge in [-0.1, -0.05) is 31.9 Å². The number of hydrogen-bond acceptors (Lipinski definition) is 3. The van der Waals surface area contributed by atoms with E-state index >= 15 is 0 Å². The number of amides is 1. The topological polar surface area (TPSA) is 54.5 Å². The number of halogens is 3. The van der Waals surface area contributed by atoms with Gasteiger partial charge in [-0.05, 0) is 12.8 Å². The maximum absolute atomic E-state index is 11.5. The number of β-lactam (4-membered cyclic amide) rings is 1. The van der Waals surface area contributed by atoms with Gasteiger partial charge in [0.2, 0.25) is 5.91 Å². The van der Waals surface area contributed by atoms with Gasteiger partial charge in [-0.25, -0.2) is 4.31 Å². The summed E-state index contributed by atoms with van der Waals surface area (Å²) >= 11 is 6.90. The number of rotatable bonds is 1. The summed E-state index contributed by atoms with van der Waals surface area (Å²) in [5.74, 6) is -0.574. The number of hydrogen-bond donors (Lipinski definition) is 0. The van der Waals surface area contributed by atoms with Crippen LogP contribution in [0.2, 0.25) is 0 Å². The predicted molar refractivity (Wildman–Crippen MR) is 63.6 cm³/mol. The zero-order valence-electron chi connectivity index (χ0n) is 7.44. The third kappa shape index (κ3) is 1.96. The largest absolute Gasteiger partial charge is 0.324 e. The Labute approximate surface area is 109 Å². The fraction of sp³-hybridized carbons (Fsp3) is 0.857. The highest BCUT2D eigenvalue weighted by atomic mass is 79.9. The molecule has 1 saturated heterocycles. The molecule has 1 aliphatic carbocycles. The Balaban J connectivity index is 2.20. The fourth-order valence-corrected chi connectivity index (χ4v) is 4.76. The first-order valence-corrected chi connectivity index (χ1v) is 8.48. The Morgan fingerprint density at radius 2 is 1.80 bits per heavy atom. The smallest absolute Gasteiger partial charge is 0.273 e. The first-order valence-electron chi connectivity index (χ1n) is 4.38. The normalized spacial score (nSPS) is 41.0. The van der Waals surface area contributed by atoms with E-state index in [1.54, 1.807) is 0 Å². The molecule has 1 saturated carbocycles. The third-order valence-corrected chi connectivity index (χ3v) is 6.97. The molecule has 2 fully saturated rings. The van der Waals surface area contributed by atoms with Gasteiger partial charge in [-0.3, -0.25) is 4.79 Å². The molecule has 1 heterocycles. The van der Waals surface area contributed by atoms with Crippen LogP contribution in [0.5, 0.6) is 0 Å². The summed E-state index contributed by atoms with van der Waals surface area (Å²) in [5, 5.41) is 0. The van der Waals surface area contributed by atoms with Crippen molar-refractivity contribution in [1.82, 2.24) is 4.31 Å². The van der Waals surface area contributed by atoms with Crippen LogP contribution in [0.4, 0.5) is 0 Å². The van der Waals surface area contributed by atoms with Crippen LogP contribution in [0, 0.1) is 5.92 Å². The highest BCUT2D eigenvalue weighted by Crippen LogP contribution is 2.45. The van der Waals surface area contributed by atoms with E-state index in [0.29, 0.717) is 12.8 Å². The minimum atomic E-state index is -3.91. The molecule has 1 aliphatic heterocycles. The molecule has 8 heteroatoms. The van der Waals surface area contributed by atoms with Crippen LogP contribution in [-0.4, -0.2) is 34.3 Å². The molecule has 15 heavy (non-hydrogen) atoms. The molecule has 1 amide bonds. The Bertz CT molecular complexity index is 401. The van der Waals surface area contributed by atoms with Crippen LogP contribution in [0.15, 0.2) is 0 Å². The number of alkyl halides is 2. The van der Waals surface area contributed by atoms with Crippen molar-refractivity contribution in [1.29, 1.82) is 0 Å². The summed E-state index contributed by atoms with van der Waals surface area (Å²) in [4.78, 5) is 11.9. The predicted octanol–water partition coefficient (Wildman–Crippen LogP) is 1.62. The minimum Gasteiger partial charge on any atom is -0.273 e. The second-order valence-corrected chi connectivity index (χ2v) is 8.49. The lowest BCUT2D eigenvalue weighted by atomic mass is 9.78. The summed E-state index contributed by atoms with van der Waals surface area (Å²) in [5.41, 5.74) is 0. The second kappa shape index (κ2) is 3.85. The van der Waals surface area contributed by atoms with Crippen LogP contribution >= 0.6 is 42.5 Å². The molecule has 0 radical (unpaired) electrons. The van der Waals surface area contributed by atoms with Crippen molar-refractivity contribution in [3.63, 3.8) is 0 Å². The first kappa shape index (κ1) is 12.1. The highest BCUT2D eigenvalue weighted by molar-refractivity contribution is 9.12. The zero-order valence-corrected chi connectivity index (χ0v) is 12.2. The van der Waals surface area contributed by atoms with Crippen LogP contribution in [0.25, 0.3) is 0 Å². The molecular weight excluding hydrogens is 373 g/mol. The number of carbonyl (C=O) groups is 1. The Hall–Kier alpha value is 0.670. The molecule has 0 N–H and O–H groups in total. The van der Waals surface area contributed by atoms with Crippen LogP contribution in [0.1, 0.15) is 12.8 Å². The molecule has 4 atom stereocenters. The highest BCUT2D eigenvalue weighted by Gasteiger charge is 2.56. The SMILES string of the molecule is O=C1[C@@H]2C[C@@H](Br)[C@@H](Br)C[C@H]2N1S(=O)(=O)Cl. The van der Waals surface area contributed by atoms with Crippen molar-refractivity contribution in [2.75, 3.05) is 0 Å². The van der Waals surface area contributed by atoms with Gasteiger partial charge in [-0.2, -0.15) is 8.42 Å². The van der Waals surface area contributed by atoms with Crippen molar-refractivity contribution < 1.29 is 13.2 Å². The monoisotopic (exact) mass is 379 g/mol. The molecule has 0 aromatic rings. The van der Waals surface area contributed by atoms with E-state index in [1.807, 2.05) is 0 Å². The molecule has 86 valence electrons. The van der Waals surface area contributed by atoms with Crippen LogP contribution in [0.3, 0.4) is 0 Å². The van der Waals surface area contributed by atoms with Gasteiger partial charge in [-0.15, -0.1) is 0 Å². The van der Waals surface area contributed by atoms with E-state index in [1.165, 1.54) is 0 Å². The second-order valence-electron chi connectivity index (χ2n) is 3.75. The summed E-state index contributed by atoms with van der Waals surface area (Å²) in [6.07, 6.45) is 1.26. The van der Waals surface area contributed by atoms with Gasteiger partial charge in [0.15, 0.2) is 0 Å². The zero-order chi connectivity index (χ0) is 11.4. The Morgan fingerprint density at radius 3 is 2.33 bits per heavy atom.